The second-order valence-corrected chi connectivity index (χ2v) is 10.6. The highest BCUT2D eigenvalue weighted by Gasteiger charge is 2.29. The van der Waals surface area contributed by atoms with Gasteiger partial charge in [-0.2, -0.15) is 8.42 Å². The van der Waals surface area contributed by atoms with E-state index < -0.39 is 27.0 Å². The topological polar surface area (TPSA) is 100 Å². The molecule has 1 saturated heterocycles. The average Bonchev–Trinajstić information content (AvgIpc) is 2.74. The molecule has 1 fully saturated rings. The van der Waals surface area contributed by atoms with Crippen LogP contribution in [0.15, 0.2) is 34.9 Å². The molecule has 180 valence electrons. The molecule has 2 heterocycles. The molecule has 1 aromatic carbocycles. The molecule has 12 heteroatoms. The molecule has 1 aliphatic heterocycles. The number of carbonyl (C=O) groups excluding carboxylic acids is 1. The van der Waals surface area contributed by atoms with Gasteiger partial charge in [0.2, 0.25) is 5.88 Å². The van der Waals surface area contributed by atoms with Gasteiger partial charge in [0, 0.05) is 48.5 Å². The molecule has 1 aromatic heterocycles. The summed E-state index contributed by atoms with van der Waals surface area (Å²) in [5.41, 5.74) is 0.773. The third-order valence-electron chi connectivity index (χ3n) is 5.48. The first-order chi connectivity index (χ1) is 15.5. The lowest BCUT2D eigenvalue weighted by Gasteiger charge is -2.39. The van der Waals surface area contributed by atoms with Crippen LogP contribution in [0, 0.1) is 11.6 Å². The van der Waals surface area contributed by atoms with E-state index in [1.54, 1.807) is 4.90 Å². The monoisotopic (exact) mass is 547 g/mol. The predicted molar refractivity (Wildman–Crippen MR) is 120 cm³/mol. The number of amides is 1. The summed E-state index contributed by atoms with van der Waals surface area (Å²) in [4.78, 5) is 20.5. The Balaban J connectivity index is 1.60. The number of aromatic nitrogens is 1. The highest BCUT2D eigenvalue weighted by atomic mass is 79.9. The maximum absolute atomic E-state index is 13.5. The van der Waals surface area contributed by atoms with Crippen LogP contribution in [-0.4, -0.2) is 65.9 Å². The Hall–Kier alpha value is -2.15. The van der Waals surface area contributed by atoms with E-state index in [2.05, 4.69) is 20.9 Å². The summed E-state index contributed by atoms with van der Waals surface area (Å²) < 4.78 is 65.1. The van der Waals surface area contributed by atoms with Crippen molar-refractivity contribution in [1.82, 2.24) is 14.8 Å². The van der Waals surface area contributed by atoms with E-state index in [9.17, 15) is 26.5 Å². The first-order valence-electron chi connectivity index (χ1n) is 10.2. The van der Waals surface area contributed by atoms with E-state index in [1.165, 1.54) is 31.3 Å². The van der Waals surface area contributed by atoms with Crippen molar-refractivity contribution < 1.29 is 31.3 Å². The highest BCUT2D eigenvalue weighted by Crippen LogP contribution is 2.30. The molecular formula is C21H24BrF2N3O5S. The zero-order chi connectivity index (χ0) is 24.3. The van der Waals surface area contributed by atoms with E-state index >= 15 is 0 Å². The summed E-state index contributed by atoms with van der Waals surface area (Å²) in [7, 11) is -4.39. The smallest absolute Gasteiger partial charge is 0.271 e. The Morgan fingerprint density at radius 3 is 2.67 bits per heavy atom. The van der Waals surface area contributed by atoms with Gasteiger partial charge in [-0.1, -0.05) is 6.07 Å². The average molecular weight is 548 g/mol. The molecule has 8 nitrogen and oxygen atoms in total. The van der Waals surface area contributed by atoms with Gasteiger partial charge in [0.15, 0.2) is 18.2 Å². The second-order valence-electron chi connectivity index (χ2n) is 7.91. The number of rotatable bonds is 7. The van der Waals surface area contributed by atoms with Gasteiger partial charge in [-0.15, -0.1) is 0 Å². The second kappa shape index (κ2) is 10.4. The Labute approximate surface area is 199 Å². The van der Waals surface area contributed by atoms with Crippen LogP contribution in [0.2, 0.25) is 0 Å². The van der Waals surface area contributed by atoms with Gasteiger partial charge < -0.3 is 9.64 Å². The first kappa shape index (κ1) is 25.5. The van der Waals surface area contributed by atoms with Gasteiger partial charge in [-0.25, -0.2) is 13.8 Å². The molecular weight excluding hydrogens is 524 g/mol. The standard InChI is InChI=1S/C21H24BrF2N3O5S/c1-13-10-26(11-15-3-4-18(23)19(24)7-15)5-6-27(13)20(28)12-32-21-17(8-16(22)9-25-21)14(2)33(29,30)31/h3-4,7-9,13-14H,5-6,10-12H2,1-2H3,(H,29,30,31). The predicted octanol–water partition coefficient (Wildman–Crippen LogP) is 3.18. The molecule has 1 aliphatic rings. The molecule has 33 heavy (non-hydrogen) atoms. The molecule has 2 unspecified atom stereocenters. The molecule has 2 atom stereocenters. The van der Waals surface area contributed by atoms with E-state index in [0.29, 0.717) is 36.2 Å². The molecule has 0 aliphatic carbocycles. The molecule has 0 radical (unpaired) electrons. The fourth-order valence-corrected chi connectivity index (χ4v) is 4.51. The summed E-state index contributed by atoms with van der Waals surface area (Å²) in [5.74, 6) is -2.14. The quantitative estimate of drug-likeness (QED) is 0.531. The third kappa shape index (κ3) is 6.46. The molecule has 0 saturated carbocycles. The van der Waals surface area contributed by atoms with Crippen molar-refractivity contribution in [1.29, 1.82) is 0 Å². The molecule has 1 amide bonds. The lowest BCUT2D eigenvalue weighted by molar-refractivity contribution is -0.138. The van der Waals surface area contributed by atoms with E-state index in [-0.39, 0.29) is 30.0 Å². The number of piperazine rings is 1. The Morgan fingerprint density at radius 1 is 1.30 bits per heavy atom. The summed E-state index contributed by atoms with van der Waals surface area (Å²) in [6, 6.07) is 5.10. The largest absolute Gasteiger partial charge is 0.467 e. The summed E-state index contributed by atoms with van der Waals surface area (Å²) >= 11 is 3.20. The fraction of sp³-hybridized carbons (Fsp3) is 0.429. The van der Waals surface area contributed by atoms with Crippen molar-refractivity contribution in [2.75, 3.05) is 26.2 Å². The van der Waals surface area contributed by atoms with Crippen LogP contribution in [-0.2, 0) is 21.5 Å². The SMILES string of the molecule is CC1CN(Cc2ccc(F)c(F)c2)CCN1C(=O)COc1ncc(Br)cc1C(C)S(=O)(=O)O. The number of nitrogens with zero attached hydrogens (tertiary/aromatic N) is 3. The van der Waals surface area contributed by atoms with Crippen LogP contribution in [0.4, 0.5) is 8.78 Å². The first-order valence-corrected chi connectivity index (χ1v) is 12.5. The zero-order valence-corrected chi connectivity index (χ0v) is 20.4. The van der Waals surface area contributed by atoms with Crippen LogP contribution in [0.25, 0.3) is 0 Å². The maximum atomic E-state index is 13.5. The van der Waals surface area contributed by atoms with E-state index in [0.717, 1.165) is 6.07 Å². The minimum absolute atomic E-state index is 0.0544. The Morgan fingerprint density at radius 2 is 2.03 bits per heavy atom. The van der Waals surface area contributed by atoms with Crippen molar-refractivity contribution in [3.05, 3.63) is 57.7 Å². The number of hydrogen-bond acceptors (Lipinski definition) is 6. The normalized spacial score (nSPS) is 18.2. The van der Waals surface area contributed by atoms with Gasteiger partial charge in [0.1, 0.15) is 5.25 Å². The van der Waals surface area contributed by atoms with Crippen molar-refractivity contribution in [3.63, 3.8) is 0 Å². The summed E-state index contributed by atoms with van der Waals surface area (Å²) in [6.07, 6.45) is 1.40. The van der Waals surface area contributed by atoms with Gasteiger partial charge >= 0.3 is 0 Å². The molecule has 3 rings (SSSR count). The van der Waals surface area contributed by atoms with Crippen LogP contribution in [0.5, 0.6) is 5.88 Å². The van der Waals surface area contributed by atoms with Gasteiger partial charge in [-0.05, 0) is 53.5 Å². The van der Waals surface area contributed by atoms with Crippen molar-refractivity contribution >= 4 is 32.0 Å². The zero-order valence-electron chi connectivity index (χ0n) is 18.0. The third-order valence-corrected chi connectivity index (χ3v) is 7.07. The lowest BCUT2D eigenvalue weighted by Crippen LogP contribution is -2.54. The van der Waals surface area contributed by atoms with Crippen molar-refractivity contribution in [3.8, 4) is 5.88 Å². The van der Waals surface area contributed by atoms with Crippen molar-refractivity contribution in [2.24, 2.45) is 0 Å². The maximum Gasteiger partial charge on any atom is 0.271 e. The van der Waals surface area contributed by atoms with Gasteiger partial charge in [0.25, 0.3) is 16.0 Å². The van der Waals surface area contributed by atoms with Crippen molar-refractivity contribution in [2.45, 2.75) is 31.7 Å². The van der Waals surface area contributed by atoms with Crippen LogP contribution < -0.4 is 4.74 Å². The van der Waals surface area contributed by atoms with Gasteiger partial charge in [-0.3, -0.25) is 14.2 Å². The number of carbonyl (C=O) groups is 1. The van der Waals surface area contributed by atoms with Crippen LogP contribution in [0.1, 0.15) is 30.2 Å². The number of hydrogen-bond donors (Lipinski definition) is 1. The molecule has 0 spiro atoms. The van der Waals surface area contributed by atoms with Crippen LogP contribution >= 0.6 is 15.9 Å². The highest BCUT2D eigenvalue weighted by molar-refractivity contribution is 9.10. The number of pyridine rings is 1. The van der Waals surface area contributed by atoms with E-state index in [1.807, 2.05) is 11.8 Å². The number of ether oxygens (including phenoxy) is 1. The molecule has 0 bridgehead atoms. The van der Waals surface area contributed by atoms with E-state index in [4.69, 9.17) is 4.74 Å². The lowest BCUT2D eigenvalue weighted by atomic mass is 10.1. The molecule has 1 N–H and O–H groups in total. The Bertz CT molecular complexity index is 1130. The molecule has 2 aromatic rings. The Kier molecular flexibility index (Phi) is 8.04. The summed E-state index contributed by atoms with van der Waals surface area (Å²) in [6.45, 7) is 4.73. The fourth-order valence-electron chi connectivity index (χ4n) is 3.67. The van der Waals surface area contributed by atoms with Gasteiger partial charge in [0.05, 0.1) is 0 Å². The minimum atomic E-state index is -4.39. The van der Waals surface area contributed by atoms with Crippen LogP contribution in [0.3, 0.4) is 0 Å². The summed E-state index contributed by atoms with van der Waals surface area (Å²) in [5, 5.41) is -1.29. The number of halogens is 3. The minimum Gasteiger partial charge on any atom is -0.467 e. The number of benzene rings is 1.